The van der Waals surface area contributed by atoms with Gasteiger partial charge >= 0.3 is 21.9 Å². The highest BCUT2D eigenvalue weighted by atomic mass is 32.2. The fourth-order valence-electron chi connectivity index (χ4n) is 2.39. The largest absolute Gasteiger partial charge is 0.423 e. The third-order valence-electron chi connectivity index (χ3n) is 3.50. The smallest absolute Gasteiger partial charge is 0.417 e. The highest BCUT2D eigenvalue weighted by molar-refractivity contribution is 7.86. The van der Waals surface area contributed by atoms with E-state index in [9.17, 15) is 30.8 Å². The van der Waals surface area contributed by atoms with Gasteiger partial charge in [-0.3, -0.25) is 0 Å². The average molecular weight is 402 g/mol. The Hall–Kier alpha value is -2.88. The molecule has 1 aromatic heterocycles. The molecule has 0 spiro atoms. The van der Waals surface area contributed by atoms with Crippen LogP contribution < -0.4 is 9.81 Å². The van der Waals surface area contributed by atoms with E-state index in [1.165, 1.54) is 12.1 Å². The van der Waals surface area contributed by atoms with Gasteiger partial charge in [0.25, 0.3) is 0 Å². The van der Waals surface area contributed by atoms with E-state index in [0.717, 1.165) is 30.3 Å². The lowest BCUT2D eigenvalue weighted by molar-refractivity contribution is -0.136. The molecule has 0 atom stereocenters. The number of halogens is 4. The van der Waals surface area contributed by atoms with Crippen LogP contribution in [0, 0.1) is 5.82 Å². The molecule has 0 aliphatic rings. The third-order valence-corrected chi connectivity index (χ3v) is 4.63. The SMILES string of the molecule is O=c1cc(C(F)(F)F)c2ccc(OS(=O)(=O)Cc3ccc(F)cc3)cc2o1. The third kappa shape index (κ3) is 4.45. The van der Waals surface area contributed by atoms with Crippen molar-refractivity contribution >= 4 is 21.1 Å². The van der Waals surface area contributed by atoms with Crippen molar-refractivity contribution in [1.82, 2.24) is 0 Å². The molecule has 0 saturated carbocycles. The quantitative estimate of drug-likeness (QED) is 0.376. The van der Waals surface area contributed by atoms with E-state index in [1.807, 2.05) is 0 Å². The van der Waals surface area contributed by atoms with E-state index >= 15 is 0 Å². The van der Waals surface area contributed by atoms with E-state index in [2.05, 4.69) is 0 Å². The van der Waals surface area contributed by atoms with E-state index in [1.54, 1.807) is 0 Å². The lowest BCUT2D eigenvalue weighted by Gasteiger charge is -2.11. The average Bonchev–Trinajstić information content (AvgIpc) is 2.54. The number of hydrogen-bond acceptors (Lipinski definition) is 5. The molecule has 10 heteroatoms. The highest BCUT2D eigenvalue weighted by Crippen LogP contribution is 2.35. The summed E-state index contributed by atoms with van der Waals surface area (Å²) in [5.41, 5.74) is -2.65. The van der Waals surface area contributed by atoms with E-state index in [-0.39, 0.29) is 11.3 Å². The molecule has 5 nitrogen and oxygen atoms in total. The summed E-state index contributed by atoms with van der Waals surface area (Å²) in [4.78, 5) is 11.4. The molecule has 3 rings (SSSR count). The Balaban J connectivity index is 1.93. The second-order valence-electron chi connectivity index (χ2n) is 5.55. The monoisotopic (exact) mass is 402 g/mol. The molecule has 0 unspecified atom stereocenters. The van der Waals surface area contributed by atoms with Crippen LogP contribution in [0.3, 0.4) is 0 Å². The molecule has 1 heterocycles. The number of rotatable bonds is 4. The predicted octanol–water partition coefficient (Wildman–Crippen LogP) is 3.86. The lowest BCUT2D eigenvalue weighted by atomic mass is 10.1. The second kappa shape index (κ2) is 6.69. The summed E-state index contributed by atoms with van der Waals surface area (Å²) in [5.74, 6) is -1.45. The van der Waals surface area contributed by atoms with Gasteiger partial charge in [0.15, 0.2) is 0 Å². The topological polar surface area (TPSA) is 73.6 Å². The van der Waals surface area contributed by atoms with Crippen LogP contribution in [0.15, 0.2) is 57.7 Å². The van der Waals surface area contributed by atoms with Gasteiger partial charge in [0, 0.05) is 17.5 Å². The van der Waals surface area contributed by atoms with Crippen LogP contribution in [0.1, 0.15) is 11.1 Å². The Labute approximate surface area is 149 Å². The first-order chi connectivity index (χ1) is 12.5. The number of benzene rings is 2. The second-order valence-corrected chi connectivity index (χ2v) is 7.12. The molecule has 2 aromatic carbocycles. The Morgan fingerprint density at radius 2 is 1.67 bits per heavy atom. The standard InChI is InChI=1S/C17H10F4O5S/c18-11-3-1-10(2-4-11)9-27(23,24)26-12-5-6-13-14(17(19,20)21)8-16(22)25-15(13)7-12/h1-8H,9H2. The van der Waals surface area contributed by atoms with E-state index in [4.69, 9.17) is 8.60 Å². The van der Waals surface area contributed by atoms with Gasteiger partial charge in [-0.15, -0.1) is 0 Å². The Morgan fingerprint density at radius 3 is 2.30 bits per heavy atom. The van der Waals surface area contributed by atoms with Crippen molar-refractivity contribution in [3.05, 3.63) is 75.9 Å². The van der Waals surface area contributed by atoms with Crippen molar-refractivity contribution in [2.75, 3.05) is 0 Å². The van der Waals surface area contributed by atoms with Gasteiger partial charge in [-0.25, -0.2) is 9.18 Å². The van der Waals surface area contributed by atoms with Crippen molar-refractivity contribution < 1.29 is 34.6 Å². The summed E-state index contributed by atoms with van der Waals surface area (Å²) in [5, 5.41) is -0.412. The molecule has 142 valence electrons. The normalized spacial score (nSPS) is 12.3. The molecule has 0 amide bonds. The Bertz CT molecular complexity index is 1150. The number of hydrogen-bond donors (Lipinski definition) is 0. The summed E-state index contributed by atoms with van der Waals surface area (Å²) in [6, 6.07) is 7.82. The van der Waals surface area contributed by atoms with Crippen LogP contribution in [-0.4, -0.2) is 8.42 Å². The number of fused-ring (bicyclic) bond motifs is 1. The zero-order valence-electron chi connectivity index (χ0n) is 13.3. The summed E-state index contributed by atoms with van der Waals surface area (Å²) in [6.45, 7) is 0. The zero-order valence-corrected chi connectivity index (χ0v) is 14.1. The maximum Gasteiger partial charge on any atom is 0.417 e. The molecule has 0 saturated heterocycles. The fourth-order valence-corrected chi connectivity index (χ4v) is 3.45. The Kier molecular flexibility index (Phi) is 4.68. The lowest BCUT2D eigenvalue weighted by Crippen LogP contribution is -2.13. The molecule has 0 N–H and O–H groups in total. The van der Waals surface area contributed by atoms with Crippen molar-refractivity contribution in [3.63, 3.8) is 0 Å². The van der Waals surface area contributed by atoms with Crippen molar-refractivity contribution in [2.45, 2.75) is 11.9 Å². The molecule has 0 fully saturated rings. The van der Waals surface area contributed by atoms with E-state index in [0.29, 0.717) is 6.07 Å². The summed E-state index contributed by atoms with van der Waals surface area (Å²) >= 11 is 0. The first kappa shape index (κ1) is 18.9. The molecule has 0 radical (unpaired) electrons. The van der Waals surface area contributed by atoms with Gasteiger partial charge in [0.1, 0.15) is 22.9 Å². The maximum atomic E-state index is 13.0. The molecular weight excluding hydrogens is 392 g/mol. The molecule has 0 aliphatic heterocycles. The maximum absolute atomic E-state index is 13.0. The van der Waals surface area contributed by atoms with Crippen molar-refractivity contribution in [3.8, 4) is 5.75 Å². The van der Waals surface area contributed by atoms with Gasteiger partial charge in [0.05, 0.1) is 5.56 Å². The molecule has 27 heavy (non-hydrogen) atoms. The zero-order chi connectivity index (χ0) is 19.8. The van der Waals surface area contributed by atoms with Crippen LogP contribution in [0.2, 0.25) is 0 Å². The van der Waals surface area contributed by atoms with Crippen LogP contribution >= 0.6 is 0 Å². The van der Waals surface area contributed by atoms with Crippen LogP contribution in [0.4, 0.5) is 17.6 Å². The molecule has 0 aliphatic carbocycles. The van der Waals surface area contributed by atoms with Gasteiger partial charge in [0.2, 0.25) is 0 Å². The summed E-state index contributed by atoms with van der Waals surface area (Å²) in [6.07, 6.45) is -4.79. The molecule has 0 bridgehead atoms. The fraction of sp³-hybridized carbons (Fsp3) is 0.118. The van der Waals surface area contributed by atoms with Gasteiger partial charge < -0.3 is 8.60 Å². The van der Waals surface area contributed by atoms with Crippen molar-refractivity contribution in [2.24, 2.45) is 0 Å². The van der Waals surface area contributed by atoms with Crippen LogP contribution in [-0.2, 0) is 22.0 Å². The first-order valence-corrected chi connectivity index (χ1v) is 8.93. The minimum absolute atomic E-state index is 0.253. The predicted molar refractivity (Wildman–Crippen MR) is 87.1 cm³/mol. The van der Waals surface area contributed by atoms with E-state index < -0.39 is 50.0 Å². The van der Waals surface area contributed by atoms with Crippen LogP contribution in [0.25, 0.3) is 11.0 Å². The minimum atomic E-state index is -4.79. The Morgan fingerprint density at radius 1 is 1.00 bits per heavy atom. The molecule has 3 aromatic rings. The van der Waals surface area contributed by atoms with Crippen molar-refractivity contribution in [1.29, 1.82) is 0 Å². The number of alkyl halides is 3. The summed E-state index contributed by atoms with van der Waals surface area (Å²) in [7, 11) is -4.18. The molecular formula is C17H10F4O5S. The van der Waals surface area contributed by atoms with Gasteiger partial charge in [-0.05, 0) is 29.8 Å². The minimum Gasteiger partial charge on any atom is -0.423 e. The first-order valence-electron chi connectivity index (χ1n) is 7.35. The van der Waals surface area contributed by atoms with Gasteiger partial charge in [-0.2, -0.15) is 21.6 Å². The summed E-state index contributed by atoms with van der Waals surface area (Å²) < 4.78 is 85.6. The highest BCUT2D eigenvalue weighted by Gasteiger charge is 2.34. The van der Waals surface area contributed by atoms with Crippen LogP contribution in [0.5, 0.6) is 5.75 Å². The van der Waals surface area contributed by atoms with Gasteiger partial charge in [-0.1, -0.05) is 12.1 Å².